The second kappa shape index (κ2) is 3.31. The molecule has 0 atom stereocenters. The maximum absolute atomic E-state index is 12.2. The third-order valence-electron chi connectivity index (χ3n) is 3.02. The molecule has 0 spiro atoms. The number of para-hydroxylation sites is 1. The van der Waals surface area contributed by atoms with Crippen LogP contribution >= 0.6 is 0 Å². The van der Waals surface area contributed by atoms with E-state index in [2.05, 4.69) is 4.98 Å². The molecule has 2 aromatic heterocycles. The van der Waals surface area contributed by atoms with Gasteiger partial charge in [0.1, 0.15) is 5.52 Å². The fraction of sp³-hybridized carbons (Fsp3) is 0.0769. The van der Waals surface area contributed by atoms with Crippen LogP contribution in [0.25, 0.3) is 21.8 Å². The van der Waals surface area contributed by atoms with Crippen LogP contribution < -0.4 is 11.0 Å². The number of H-pyrrole nitrogens is 1. The van der Waals surface area contributed by atoms with Gasteiger partial charge in [0.2, 0.25) is 0 Å². The molecule has 2 heterocycles. The van der Waals surface area contributed by atoms with Gasteiger partial charge in [-0.1, -0.05) is 12.1 Å². The van der Waals surface area contributed by atoms with Crippen molar-refractivity contribution >= 4 is 21.8 Å². The van der Waals surface area contributed by atoms with Crippen LogP contribution in [-0.4, -0.2) is 9.55 Å². The number of nitrogens with zero attached hydrogens (tertiary/aromatic N) is 1. The van der Waals surface area contributed by atoms with Gasteiger partial charge in [0.15, 0.2) is 5.43 Å². The van der Waals surface area contributed by atoms with E-state index >= 15 is 0 Å². The first kappa shape index (κ1) is 9.84. The van der Waals surface area contributed by atoms with E-state index < -0.39 is 0 Å². The van der Waals surface area contributed by atoms with Crippen LogP contribution in [0.15, 0.2) is 46.1 Å². The average molecular weight is 226 g/mol. The predicted octanol–water partition coefficient (Wildman–Crippen LogP) is 1.38. The monoisotopic (exact) mass is 226 g/mol. The first-order chi connectivity index (χ1) is 8.20. The first-order valence-electron chi connectivity index (χ1n) is 5.29. The summed E-state index contributed by atoms with van der Waals surface area (Å²) in [5.74, 6) is 0. The molecular weight excluding hydrogens is 216 g/mol. The Balaban J connectivity index is 2.79. The molecule has 0 bridgehead atoms. The number of nitrogens with one attached hydrogen (secondary N) is 1. The van der Waals surface area contributed by atoms with Crippen LogP contribution in [0.3, 0.4) is 0 Å². The van der Waals surface area contributed by atoms with Gasteiger partial charge in [0.25, 0.3) is 5.56 Å². The van der Waals surface area contributed by atoms with E-state index in [1.165, 1.54) is 6.20 Å². The average Bonchev–Trinajstić information content (AvgIpc) is 2.36. The van der Waals surface area contributed by atoms with Gasteiger partial charge < -0.3 is 9.55 Å². The number of pyridine rings is 2. The lowest BCUT2D eigenvalue weighted by molar-refractivity contribution is 0.986. The SMILES string of the molecule is Cn1c2ccccc2c(=O)c2cc[nH]c(=O)c21. The largest absolute Gasteiger partial charge is 0.339 e. The van der Waals surface area contributed by atoms with E-state index in [9.17, 15) is 9.59 Å². The molecule has 0 amide bonds. The molecule has 3 rings (SSSR count). The third kappa shape index (κ3) is 1.24. The minimum Gasteiger partial charge on any atom is -0.339 e. The van der Waals surface area contributed by atoms with Gasteiger partial charge in [-0.15, -0.1) is 0 Å². The summed E-state index contributed by atoms with van der Waals surface area (Å²) in [5.41, 5.74) is 0.838. The summed E-state index contributed by atoms with van der Waals surface area (Å²) in [5, 5.41) is 1.09. The molecule has 1 N–H and O–H groups in total. The smallest absolute Gasteiger partial charge is 0.272 e. The van der Waals surface area contributed by atoms with Crippen molar-refractivity contribution in [3.8, 4) is 0 Å². The van der Waals surface area contributed by atoms with E-state index in [1.807, 2.05) is 18.2 Å². The maximum atomic E-state index is 12.2. The molecule has 0 aliphatic carbocycles. The highest BCUT2D eigenvalue weighted by Gasteiger charge is 2.09. The summed E-state index contributed by atoms with van der Waals surface area (Å²) in [6, 6.07) is 8.93. The molecule has 4 nitrogen and oxygen atoms in total. The van der Waals surface area contributed by atoms with Crippen molar-refractivity contribution in [1.29, 1.82) is 0 Å². The number of hydrogen-bond acceptors (Lipinski definition) is 2. The molecule has 17 heavy (non-hydrogen) atoms. The second-order valence-corrected chi connectivity index (χ2v) is 3.97. The van der Waals surface area contributed by atoms with Gasteiger partial charge in [-0.05, 0) is 18.2 Å². The van der Waals surface area contributed by atoms with E-state index in [0.29, 0.717) is 16.3 Å². The van der Waals surface area contributed by atoms with E-state index in [0.717, 1.165) is 5.52 Å². The fourth-order valence-corrected chi connectivity index (χ4v) is 2.21. The van der Waals surface area contributed by atoms with Gasteiger partial charge in [-0.3, -0.25) is 9.59 Å². The molecule has 0 aliphatic heterocycles. The van der Waals surface area contributed by atoms with Crippen molar-refractivity contribution in [3.63, 3.8) is 0 Å². The van der Waals surface area contributed by atoms with Crippen LogP contribution in [0.2, 0.25) is 0 Å². The van der Waals surface area contributed by atoms with Crippen LogP contribution in [0.4, 0.5) is 0 Å². The summed E-state index contributed by atoms with van der Waals surface area (Å²) in [4.78, 5) is 26.6. The van der Waals surface area contributed by atoms with Crippen molar-refractivity contribution in [3.05, 3.63) is 57.1 Å². The molecule has 3 aromatic rings. The van der Waals surface area contributed by atoms with Gasteiger partial charge in [-0.2, -0.15) is 0 Å². The summed E-state index contributed by atoms with van der Waals surface area (Å²) < 4.78 is 1.75. The van der Waals surface area contributed by atoms with Gasteiger partial charge >= 0.3 is 0 Å². The summed E-state index contributed by atoms with van der Waals surface area (Å²) in [6.45, 7) is 0. The molecule has 0 unspecified atom stereocenters. The Labute approximate surface area is 96.1 Å². The number of rotatable bonds is 0. The predicted molar refractivity (Wildman–Crippen MR) is 67.3 cm³/mol. The van der Waals surface area contributed by atoms with Crippen LogP contribution in [0.5, 0.6) is 0 Å². The van der Waals surface area contributed by atoms with Crippen molar-refractivity contribution in [2.45, 2.75) is 0 Å². The number of hydrogen-bond donors (Lipinski definition) is 1. The summed E-state index contributed by atoms with van der Waals surface area (Å²) >= 11 is 0. The molecule has 0 saturated heterocycles. The Bertz CT molecular complexity index is 843. The van der Waals surface area contributed by atoms with Crippen LogP contribution in [0.1, 0.15) is 0 Å². The molecule has 0 aliphatic rings. The highest BCUT2D eigenvalue weighted by Crippen LogP contribution is 2.14. The van der Waals surface area contributed by atoms with E-state index in [4.69, 9.17) is 0 Å². The molecule has 0 saturated carbocycles. The zero-order valence-corrected chi connectivity index (χ0v) is 9.23. The molecule has 0 radical (unpaired) electrons. The molecule has 1 aromatic carbocycles. The minimum atomic E-state index is -0.243. The van der Waals surface area contributed by atoms with Crippen molar-refractivity contribution in [2.75, 3.05) is 0 Å². The number of aryl methyl sites for hydroxylation is 1. The second-order valence-electron chi connectivity index (χ2n) is 3.97. The molecule has 0 fully saturated rings. The fourth-order valence-electron chi connectivity index (χ4n) is 2.21. The minimum absolute atomic E-state index is 0.0974. The number of aromatic nitrogens is 2. The standard InChI is InChI=1S/C13H10N2O2/c1-15-10-5-3-2-4-8(10)12(16)9-6-7-14-13(17)11(9)15/h2-7H,1H3,(H,14,17). The number of aromatic amines is 1. The van der Waals surface area contributed by atoms with Crippen molar-refractivity contribution < 1.29 is 0 Å². The summed E-state index contributed by atoms with van der Waals surface area (Å²) in [6.07, 6.45) is 1.50. The lowest BCUT2D eigenvalue weighted by Gasteiger charge is -2.08. The highest BCUT2D eigenvalue weighted by molar-refractivity contribution is 5.92. The zero-order valence-electron chi connectivity index (χ0n) is 9.23. The summed E-state index contributed by atoms with van der Waals surface area (Å²) in [7, 11) is 1.79. The quantitative estimate of drug-likeness (QED) is 0.589. The number of benzene rings is 1. The van der Waals surface area contributed by atoms with Crippen molar-refractivity contribution in [2.24, 2.45) is 7.05 Å². The Morgan fingerprint density at radius 2 is 1.82 bits per heavy atom. The van der Waals surface area contributed by atoms with Crippen molar-refractivity contribution in [1.82, 2.24) is 9.55 Å². The third-order valence-corrected chi connectivity index (χ3v) is 3.02. The Morgan fingerprint density at radius 1 is 1.06 bits per heavy atom. The first-order valence-corrected chi connectivity index (χ1v) is 5.29. The number of fused-ring (bicyclic) bond motifs is 2. The Hall–Kier alpha value is -2.36. The van der Waals surface area contributed by atoms with Gasteiger partial charge in [0.05, 0.1) is 10.9 Å². The normalized spacial score (nSPS) is 11.1. The maximum Gasteiger partial charge on any atom is 0.272 e. The van der Waals surface area contributed by atoms with Gasteiger partial charge in [0, 0.05) is 18.6 Å². The lowest BCUT2D eigenvalue weighted by Crippen LogP contribution is -2.17. The van der Waals surface area contributed by atoms with E-state index in [-0.39, 0.29) is 11.0 Å². The molecular formula is C13H10N2O2. The Morgan fingerprint density at radius 3 is 2.65 bits per heavy atom. The topological polar surface area (TPSA) is 54.9 Å². The van der Waals surface area contributed by atoms with Crippen LogP contribution in [0, 0.1) is 0 Å². The lowest BCUT2D eigenvalue weighted by atomic mass is 10.1. The Kier molecular flexibility index (Phi) is 1.92. The van der Waals surface area contributed by atoms with Crippen LogP contribution in [-0.2, 0) is 7.05 Å². The zero-order chi connectivity index (χ0) is 12.0. The highest BCUT2D eigenvalue weighted by atomic mass is 16.1. The van der Waals surface area contributed by atoms with E-state index in [1.54, 1.807) is 23.7 Å². The molecule has 84 valence electrons. The van der Waals surface area contributed by atoms with Gasteiger partial charge in [-0.25, -0.2) is 0 Å². The molecule has 4 heteroatoms.